The first-order valence-corrected chi connectivity index (χ1v) is 9.68. The predicted octanol–water partition coefficient (Wildman–Crippen LogP) is 4.49. The number of nitrogens with zero attached hydrogens (tertiary/aromatic N) is 3. The van der Waals surface area contributed by atoms with E-state index >= 15 is 0 Å². The van der Waals surface area contributed by atoms with E-state index in [1.54, 1.807) is 6.20 Å². The van der Waals surface area contributed by atoms with Gasteiger partial charge >= 0.3 is 0 Å². The highest BCUT2D eigenvalue weighted by molar-refractivity contribution is 5.88. The van der Waals surface area contributed by atoms with E-state index in [0.717, 1.165) is 29.8 Å². The van der Waals surface area contributed by atoms with Crippen molar-refractivity contribution in [1.82, 2.24) is 15.0 Å². The van der Waals surface area contributed by atoms with Gasteiger partial charge in [0, 0.05) is 18.4 Å². The molecule has 0 atom stereocenters. The maximum absolute atomic E-state index is 12.9. The molecule has 0 spiro atoms. The van der Waals surface area contributed by atoms with Gasteiger partial charge in [0.2, 0.25) is 5.95 Å². The second-order valence-electron chi connectivity index (χ2n) is 7.26. The Balaban J connectivity index is 1.56. The van der Waals surface area contributed by atoms with Crippen LogP contribution in [0.4, 0.5) is 11.6 Å². The lowest BCUT2D eigenvalue weighted by molar-refractivity contribution is 0.938. The van der Waals surface area contributed by atoms with Gasteiger partial charge in [-0.05, 0) is 42.2 Å². The van der Waals surface area contributed by atoms with E-state index in [4.69, 9.17) is 0 Å². The van der Waals surface area contributed by atoms with Gasteiger partial charge in [0.25, 0.3) is 5.56 Å². The largest absolute Gasteiger partial charge is 0.311 e. The van der Waals surface area contributed by atoms with Gasteiger partial charge in [-0.1, -0.05) is 60.2 Å². The molecular weight excluding hydrogens is 360 g/mol. The van der Waals surface area contributed by atoms with Crippen molar-refractivity contribution in [2.24, 2.45) is 0 Å². The van der Waals surface area contributed by atoms with Crippen LogP contribution in [0.2, 0.25) is 0 Å². The molecule has 5 heteroatoms. The molecule has 4 aromatic rings. The summed E-state index contributed by atoms with van der Waals surface area (Å²) in [6, 6.07) is 18.3. The van der Waals surface area contributed by atoms with Crippen LogP contribution in [0.25, 0.3) is 23.2 Å². The third-order valence-corrected chi connectivity index (χ3v) is 5.30. The predicted molar refractivity (Wildman–Crippen MR) is 117 cm³/mol. The zero-order chi connectivity index (χ0) is 19.8. The fourth-order valence-electron chi connectivity index (χ4n) is 3.76. The third kappa shape index (κ3) is 3.21. The van der Waals surface area contributed by atoms with Crippen LogP contribution in [-0.2, 0) is 6.42 Å². The molecule has 0 amide bonds. The first kappa shape index (κ1) is 17.4. The van der Waals surface area contributed by atoms with Gasteiger partial charge in [-0.25, -0.2) is 4.98 Å². The van der Waals surface area contributed by atoms with Gasteiger partial charge in [-0.2, -0.15) is 4.98 Å². The molecule has 0 saturated heterocycles. The Morgan fingerprint density at radius 3 is 2.72 bits per heavy atom. The molecule has 0 bridgehead atoms. The summed E-state index contributed by atoms with van der Waals surface area (Å²) < 4.78 is 0. The highest BCUT2D eigenvalue weighted by Gasteiger charge is 2.22. The number of benzene rings is 2. The number of H-pyrrole nitrogens is 1. The Kier molecular flexibility index (Phi) is 4.21. The van der Waals surface area contributed by atoms with Crippen LogP contribution in [0.5, 0.6) is 0 Å². The van der Waals surface area contributed by atoms with Crippen molar-refractivity contribution in [2.45, 2.75) is 13.3 Å². The molecule has 0 unspecified atom stereocenters. The van der Waals surface area contributed by atoms with Gasteiger partial charge in [-0.3, -0.25) is 9.78 Å². The lowest BCUT2D eigenvalue weighted by Gasteiger charge is -2.17. The molecular formula is C24H20N4O. The number of para-hydroxylation sites is 1. The summed E-state index contributed by atoms with van der Waals surface area (Å²) >= 11 is 0. The Morgan fingerprint density at radius 1 is 1.03 bits per heavy atom. The zero-order valence-corrected chi connectivity index (χ0v) is 16.1. The number of anilines is 2. The highest BCUT2D eigenvalue weighted by Crippen LogP contribution is 2.32. The molecule has 5 rings (SSSR count). The molecule has 29 heavy (non-hydrogen) atoms. The summed E-state index contributed by atoms with van der Waals surface area (Å²) in [5, 5.41) is 0.507. The summed E-state index contributed by atoms with van der Waals surface area (Å²) in [6.07, 6.45) is 6.57. The standard InChI is InChI=1S/C24H20N4O/c1-16-6-8-17(9-7-16)10-11-19-12-14-25-22-21(19)23(29)27-24(26-22)28-15-13-18-4-2-3-5-20(18)28/h2-12,14H,13,15H2,1H3,(H,25,26,27,29)/b11-10+. The van der Waals surface area contributed by atoms with Crippen molar-refractivity contribution in [1.29, 1.82) is 0 Å². The first-order valence-electron chi connectivity index (χ1n) is 9.68. The molecule has 0 saturated carbocycles. The molecule has 5 nitrogen and oxygen atoms in total. The molecule has 0 radical (unpaired) electrons. The molecule has 0 aliphatic carbocycles. The number of hydrogen-bond donors (Lipinski definition) is 1. The van der Waals surface area contributed by atoms with E-state index in [0.29, 0.717) is 17.0 Å². The van der Waals surface area contributed by atoms with Crippen LogP contribution in [0, 0.1) is 6.92 Å². The minimum Gasteiger partial charge on any atom is -0.311 e. The van der Waals surface area contributed by atoms with Crippen LogP contribution >= 0.6 is 0 Å². The van der Waals surface area contributed by atoms with Crippen LogP contribution in [0.1, 0.15) is 22.3 Å². The number of hydrogen-bond acceptors (Lipinski definition) is 4. The van der Waals surface area contributed by atoms with Crippen molar-refractivity contribution in [3.8, 4) is 0 Å². The smallest absolute Gasteiger partial charge is 0.262 e. The Morgan fingerprint density at radius 2 is 1.86 bits per heavy atom. The fraction of sp³-hybridized carbons (Fsp3) is 0.125. The van der Waals surface area contributed by atoms with Gasteiger partial charge in [0.15, 0.2) is 5.65 Å². The van der Waals surface area contributed by atoms with Crippen LogP contribution in [-0.4, -0.2) is 21.5 Å². The molecule has 2 aromatic carbocycles. The Labute approximate surface area is 168 Å². The second kappa shape index (κ2) is 7.02. The normalized spacial score (nSPS) is 13.3. The van der Waals surface area contributed by atoms with E-state index in [1.807, 2.05) is 35.3 Å². The Hall–Kier alpha value is -3.73. The monoisotopic (exact) mass is 380 g/mol. The number of nitrogens with one attached hydrogen (secondary N) is 1. The van der Waals surface area contributed by atoms with E-state index < -0.39 is 0 Å². The molecule has 1 aliphatic rings. The van der Waals surface area contributed by atoms with Crippen LogP contribution < -0.4 is 10.5 Å². The number of aromatic amines is 1. The summed E-state index contributed by atoms with van der Waals surface area (Å²) in [5.41, 5.74) is 5.73. The van der Waals surface area contributed by atoms with Crippen molar-refractivity contribution in [3.63, 3.8) is 0 Å². The second-order valence-corrected chi connectivity index (χ2v) is 7.26. The molecule has 1 N–H and O–H groups in total. The fourth-order valence-corrected chi connectivity index (χ4v) is 3.76. The molecule has 0 fully saturated rings. The van der Waals surface area contributed by atoms with Gasteiger partial charge in [0.1, 0.15) is 0 Å². The van der Waals surface area contributed by atoms with Crippen molar-refractivity contribution in [2.75, 3.05) is 11.4 Å². The molecule has 3 heterocycles. The quantitative estimate of drug-likeness (QED) is 0.569. The van der Waals surface area contributed by atoms with Crippen molar-refractivity contribution >= 4 is 34.8 Å². The zero-order valence-electron chi connectivity index (χ0n) is 16.1. The maximum atomic E-state index is 12.9. The minimum absolute atomic E-state index is 0.175. The van der Waals surface area contributed by atoms with Gasteiger partial charge in [0.05, 0.1) is 5.39 Å². The van der Waals surface area contributed by atoms with Crippen molar-refractivity contribution in [3.05, 3.63) is 93.4 Å². The van der Waals surface area contributed by atoms with Crippen LogP contribution in [0.15, 0.2) is 65.6 Å². The number of aryl methyl sites for hydroxylation is 1. The van der Waals surface area contributed by atoms with Crippen LogP contribution in [0.3, 0.4) is 0 Å². The molecule has 1 aliphatic heterocycles. The SMILES string of the molecule is Cc1ccc(/C=C/c2ccnc3nc(N4CCc5ccccc54)[nH]c(=O)c23)cc1. The van der Waals surface area contributed by atoms with Gasteiger partial charge in [-0.15, -0.1) is 0 Å². The summed E-state index contributed by atoms with van der Waals surface area (Å²) in [4.78, 5) is 27.0. The lowest BCUT2D eigenvalue weighted by atomic mass is 10.1. The average molecular weight is 380 g/mol. The van der Waals surface area contributed by atoms with E-state index in [1.165, 1.54) is 11.1 Å². The number of pyridine rings is 1. The topological polar surface area (TPSA) is 61.9 Å². The Bertz CT molecular complexity index is 1290. The summed E-state index contributed by atoms with van der Waals surface area (Å²) in [6.45, 7) is 2.85. The molecule has 2 aromatic heterocycles. The summed E-state index contributed by atoms with van der Waals surface area (Å²) in [5.74, 6) is 0.541. The molecule has 142 valence electrons. The van der Waals surface area contributed by atoms with Crippen molar-refractivity contribution < 1.29 is 0 Å². The maximum Gasteiger partial charge on any atom is 0.262 e. The average Bonchev–Trinajstić information content (AvgIpc) is 3.17. The van der Waals surface area contributed by atoms with E-state index in [9.17, 15) is 4.79 Å². The number of rotatable bonds is 3. The minimum atomic E-state index is -0.175. The first-order chi connectivity index (χ1) is 14.2. The third-order valence-electron chi connectivity index (χ3n) is 5.30. The van der Waals surface area contributed by atoms with Gasteiger partial charge < -0.3 is 4.90 Å². The van der Waals surface area contributed by atoms with E-state index in [2.05, 4.69) is 58.3 Å². The lowest BCUT2D eigenvalue weighted by Crippen LogP contribution is -2.21. The highest BCUT2D eigenvalue weighted by atomic mass is 16.1. The number of fused-ring (bicyclic) bond motifs is 2. The number of aromatic nitrogens is 3. The van der Waals surface area contributed by atoms with E-state index in [-0.39, 0.29) is 5.56 Å². The summed E-state index contributed by atoms with van der Waals surface area (Å²) in [7, 11) is 0.